The van der Waals surface area contributed by atoms with Crippen molar-refractivity contribution in [2.24, 2.45) is 7.05 Å². The van der Waals surface area contributed by atoms with Crippen LogP contribution in [0, 0.1) is 6.92 Å². The van der Waals surface area contributed by atoms with Crippen molar-refractivity contribution in [1.82, 2.24) is 4.57 Å². The minimum atomic E-state index is 0.239. The number of halogens is 1. The molecule has 0 spiro atoms. The zero-order chi connectivity index (χ0) is 11.7. The molecule has 86 valence electrons. The highest BCUT2D eigenvalue weighted by Gasteiger charge is 2.08. The number of rotatable bonds is 3. The maximum absolute atomic E-state index is 8.88. The van der Waals surface area contributed by atoms with Crippen LogP contribution in [0.1, 0.15) is 17.5 Å². The van der Waals surface area contributed by atoms with Crippen LogP contribution >= 0.6 is 11.6 Å². The van der Waals surface area contributed by atoms with Gasteiger partial charge >= 0.3 is 0 Å². The van der Waals surface area contributed by atoms with Gasteiger partial charge in [0.25, 0.3) is 0 Å². The number of hydrogen-bond donors (Lipinski definition) is 1. The summed E-state index contributed by atoms with van der Waals surface area (Å²) in [6, 6.07) is 4.14. The molecule has 1 heterocycles. The number of aryl methyl sites for hydroxylation is 3. The first-order valence-electron chi connectivity index (χ1n) is 5.48. The Hall–Kier alpha value is -0.990. The van der Waals surface area contributed by atoms with Crippen molar-refractivity contribution in [3.63, 3.8) is 0 Å². The molecule has 2 aromatic rings. The lowest BCUT2D eigenvalue weighted by Crippen LogP contribution is -1.88. The van der Waals surface area contributed by atoms with Gasteiger partial charge in [-0.1, -0.05) is 11.6 Å². The third-order valence-corrected chi connectivity index (χ3v) is 3.36. The van der Waals surface area contributed by atoms with Crippen molar-refractivity contribution < 1.29 is 5.11 Å². The molecule has 1 aromatic heterocycles. The van der Waals surface area contributed by atoms with Crippen LogP contribution in [0.5, 0.6) is 0 Å². The summed E-state index contributed by atoms with van der Waals surface area (Å²) in [4.78, 5) is 0. The molecule has 0 saturated heterocycles. The zero-order valence-electron chi connectivity index (χ0n) is 9.63. The van der Waals surface area contributed by atoms with Crippen molar-refractivity contribution in [2.45, 2.75) is 19.8 Å². The number of hydrogen-bond acceptors (Lipinski definition) is 1. The first kappa shape index (κ1) is 11.5. The largest absolute Gasteiger partial charge is 0.396 e. The summed E-state index contributed by atoms with van der Waals surface area (Å²) in [6.07, 6.45) is 3.84. The van der Waals surface area contributed by atoms with Crippen LogP contribution in [0.15, 0.2) is 18.3 Å². The molecule has 1 N–H and O–H groups in total. The maximum atomic E-state index is 8.88. The van der Waals surface area contributed by atoms with Gasteiger partial charge < -0.3 is 9.67 Å². The van der Waals surface area contributed by atoms with E-state index in [1.54, 1.807) is 0 Å². The summed E-state index contributed by atoms with van der Waals surface area (Å²) < 4.78 is 2.09. The van der Waals surface area contributed by atoms with Gasteiger partial charge in [-0.15, -0.1) is 0 Å². The molecule has 0 saturated carbocycles. The third-order valence-electron chi connectivity index (χ3n) is 2.96. The number of aromatic nitrogens is 1. The summed E-state index contributed by atoms with van der Waals surface area (Å²) >= 11 is 6.12. The fourth-order valence-corrected chi connectivity index (χ4v) is 2.22. The molecule has 0 aliphatic carbocycles. The molecule has 0 aliphatic rings. The van der Waals surface area contributed by atoms with E-state index < -0.39 is 0 Å². The highest BCUT2D eigenvalue weighted by molar-refractivity contribution is 6.32. The van der Waals surface area contributed by atoms with Gasteiger partial charge in [-0.3, -0.25) is 0 Å². The Balaban J connectivity index is 2.55. The standard InChI is InChI=1S/C13H16ClNO/c1-9-6-11-10(4-3-5-16)8-15(2)13(11)7-12(9)14/h6-8,16H,3-5H2,1-2H3. The van der Waals surface area contributed by atoms with Crippen molar-refractivity contribution in [3.8, 4) is 0 Å². The molecule has 0 bridgehead atoms. The molecular weight excluding hydrogens is 222 g/mol. The first-order valence-corrected chi connectivity index (χ1v) is 5.86. The molecule has 0 fully saturated rings. The van der Waals surface area contributed by atoms with Crippen LogP contribution in [0.25, 0.3) is 10.9 Å². The van der Waals surface area contributed by atoms with Crippen molar-refractivity contribution in [3.05, 3.63) is 34.5 Å². The Labute approximate surface area is 100 Å². The van der Waals surface area contributed by atoms with Crippen LogP contribution in [0.2, 0.25) is 5.02 Å². The molecule has 0 unspecified atom stereocenters. The van der Waals surface area contributed by atoms with E-state index in [0.29, 0.717) is 0 Å². The Kier molecular flexibility index (Phi) is 3.22. The van der Waals surface area contributed by atoms with Crippen LogP contribution in [0.4, 0.5) is 0 Å². The second-order valence-corrected chi connectivity index (χ2v) is 4.62. The van der Waals surface area contributed by atoms with E-state index >= 15 is 0 Å². The topological polar surface area (TPSA) is 25.2 Å². The lowest BCUT2D eigenvalue weighted by Gasteiger charge is -2.01. The van der Waals surface area contributed by atoms with E-state index in [0.717, 1.165) is 28.9 Å². The lowest BCUT2D eigenvalue weighted by atomic mass is 10.1. The number of fused-ring (bicyclic) bond motifs is 1. The molecule has 0 amide bonds. The maximum Gasteiger partial charge on any atom is 0.0495 e. The van der Waals surface area contributed by atoms with Gasteiger partial charge in [0.15, 0.2) is 0 Å². The van der Waals surface area contributed by atoms with Gasteiger partial charge in [0.05, 0.1) is 0 Å². The molecular formula is C13H16ClNO. The fourth-order valence-electron chi connectivity index (χ4n) is 2.06. The summed E-state index contributed by atoms with van der Waals surface area (Å²) in [7, 11) is 2.02. The van der Waals surface area contributed by atoms with Crippen LogP contribution in [-0.4, -0.2) is 16.3 Å². The predicted octanol–water partition coefficient (Wildman–Crippen LogP) is 3.07. The zero-order valence-corrected chi connectivity index (χ0v) is 10.4. The molecule has 3 heteroatoms. The van der Waals surface area contributed by atoms with Gasteiger partial charge in [0, 0.05) is 35.8 Å². The van der Waals surface area contributed by atoms with E-state index in [-0.39, 0.29) is 6.61 Å². The number of aliphatic hydroxyl groups is 1. The monoisotopic (exact) mass is 237 g/mol. The van der Waals surface area contributed by atoms with Gasteiger partial charge in [-0.05, 0) is 43.0 Å². The van der Waals surface area contributed by atoms with Gasteiger partial charge in [-0.2, -0.15) is 0 Å². The third kappa shape index (κ3) is 1.95. The quantitative estimate of drug-likeness (QED) is 0.872. The van der Waals surface area contributed by atoms with E-state index in [4.69, 9.17) is 16.7 Å². The first-order chi connectivity index (χ1) is 7.63. The summed E-state index contributed by atoms with van der Waals surface area (Å²) in [5.74, 6) is 0. The average molecular weight is 238 g/mol. The highest BCUT2D eigenvalue weighted by atomic mass is 35.5. The smallest absolute Gasteiger partial charge is 0.0495 e. The summed E-state index contributed by atoms with van der Waals surface area (Å²) in [5.41, 5.74) is 3.54. The van der Waals surface area contributed by atoms with E-state index in [2.05, 4.69) is 16.8 Å². The normalized spacial score (nSPS) is 11.2. The molecule has 0 atom stereocenters. The molecule has 0 radical (unpaired) electrons. The number of benzene rings is 1. The average Bonchev–Trinajstić information content (AvgIpc) is 2.54. The molecule has 0 aliphatic heterocycles. The second-order valence-electron chi connectivity index (χ2n) is 4.21. The van der Waals surface area contributed by atoms with E-state index in [1.807, 2.05) is 20.0 Å². The SMILES string of the molecule is Cc1cc2c(CCCO)cn(C)c2cc1Cl. The number of nitrogens with zero attached hydrogens (tertiary/aromatic N) is 1. The van der Waals surface area contributed by atoms with Crippen molar-refractivity contribution in [1.29, 1.82) is 0 Å². The Bertz CT molecular complexity index is 516. The van der Waals surface area contributed by atoms with Gasteiger partial charge in [0.1, 0.15) is 0 Å². The molecule has 16 heavy (non-hydrogen) atoms. The lowest BCUT2D eigenvalue weighted by molar-refractivity contribution is 0.288. The van der Waals surface area contributed by atoms with Crippen molar-refractivity contribution >= 4 is 22.5 Å². The van der Waals surface area contributed by atoms with Gasteiger partial charge in [0.2, 0.25) is 0 Å². The summed E-state index contributed by atoms with van der Waals surface area (Å²) in [5, 5.41) is 10.9. The van der Waals surface area contributed by atoms with E-state index in [1.165, 1.54) is 10.9 Å². The number of aliphatic hydroxyl groups excluding tert-OH is 1. The molecule has 2 rings (SSSR count). The Morgan fingerprint density at radius 1 is 1.38 bits per heavy atom. The van der Waals surface area contributed by atoms with Crippen LogP contribution in [-0.2, 0) is 13.5 Å². The van der Waals surface area contributed by atoms with E-state index in [9.17, 15) is 0 Å². The van der Waals surface area contributed by atoms with Crippen LogP contribution < -0.4 is 0 Å². The second kappa shape index (κ2) is 4.48. The Morgan fingerprint density at radius 2 is 2.12 bits per heavy atom. The highest BCUT2D eigenvalue weighted by Crippen LogP contribution is 2.27. The van der Waals surface area contributed by atoms with Crippen molar-refractivity contribution in [2.75, 3.05) is 6.61 Å². The predicted molar refractivity (Wildman–Crippen MR) is 68.1 cm³/mol. The molecule has 2 nitrogen and oxygen atoms in total. The van der Waals surface area contributed by atoms with Gasteiger partial charge in [-0.25, -0.2) is 0 Å². The summed E-state index contributed by atoms with van der Waals surface area (Å²) in [6.45, 7) is 2.26. The minimum absolute atomic E-state index is 0.239. The Morgan fingerprint density at radius 3 is 2.81 bits per heavy atom. The van der Waals surface area contributed by atoms with Crippen LogP contribution in [0.3, 0.4) is 0 Å². The minimum Gasteiger partial charge on any atom is -0.396 e. The fraction of sp³-hybridized carbons (Fsp3) is 0.385. The molecule has 1 aromatic carbocycles.